The van der Waals surface area contributed by atoms with Crippen LogP contribution in [0.5, 0.6) is 5.75 Å². The Labute approximate surface area is 189 Å². The number of methoxy groups -OCH3 is 1. The van der Waals surface area contributed by atoms with Gasteiger partial charge in [-0.25, -0.2) is 17.2 Å². The summed E-state index contributed by atoms with van der Waals surface area (Å²) in [5.74, 6) is -2.94. The van der Waals surface area contributed by atoms with Crippen molar-refractivity contribution in [3.8, 4) is 5.75 Å². The van der Waals surface area contributed by atoms with Gasteiger partial charge in [-0.15, -0.1) is 0 Å². The normalized spacial score (nSPS) is 12.2. The Morgan fingerprint density at radius 2 is 1.75 bits per heavy atom. The van der Waals surface area contributed by atoms with Gasteiger partial charge < -0.3 is 10.1 Å². The molecule has 0 heterocycles. The van der Waals surface area contributed by atoms with Gasteiger partial charge in [0, 0.05) is 16.8 Å². The number of hydrogen-bond acceptors (Lipinski definition) is 4. The number of hydrogen-bond donors (Lipinski definition) is 2. The van der Waals surface area contributed by atoms with Gasteiger partial charge in [-0.05, 0) is 42.3 Å². The fourth-order valence-corrected chi connectivity index (χ4v) is 4.58. The van der Waals surface area contributed by atoms with Crippen LogP contribution in [0.2, 0.25) is 5.02 Å². The summed E-state index contributed by atoms with van der Waals surface area (Å²) < 4.78 is 60.4. The van der Waals surface area contributed by atoms with Crippen molar-refractivity contribution in [3.63, 3.8) is 0 Å². The number of anilines is 1. The number of benzene rings is 3. The largest absolute Gasteiger partial charge is 0.495 e. The molecule has 3 aromatic carbocycles. The molecule has 2 N–H and O–H groups in total. The lowest BCUT2D eigenvalue weighted by molar-refractivity contribution is -0.117. The third-order valence-corrected chi connectivity index (χ3v) is 6.23. The molecule has 1 amide bonds. The molecule has 1 atom stereocenters. The van der Waals surface area contributed by atoms with E-state index in [9.17, 15) is 22.0 Å². The van der Waals surface area contributed by atoms with Crippen LogP contribution in [-0.2, 0) is 21.2 Å². The van der Waals surface area contributed by atoms with Crippen LogP contribution in [-0.4, -0.2) is 27.5 Å². The molecular weight excluding hydrogens is 462 g/mol. The minimum Gasteiger partial charge on any atom is -0.495 e. The van der Waals surface area contributed by atoms with Gasteiger partial charge in [0.1, 0.15) is 16.7 Å². The molecule has 0 saturated heterocycles. The fraction of sp³-hybridized carbons (Fsp3) is 0.136. The van der Waals surface area contributed by atoms with E-state index in [2.05, 4.69) is 10.0 Å². The molecular formula is C22H19ClF2N2O4S. The maximum absolute atomic E-state index is 13.5. The molecule has 0 bridgehead atoms. The minimum absolute atomic E-state index is 0.00153. The highest BCUT2D eigenvalue weighted by Crippen LogP contribution is 2.27. The van der Waals surface area contributed by atoms with Crippen molar-refractivity contribution in [2.75, 3.05) is 12.4 Å². The first kappa shape index (κ1) is 23.6. The SMILES string of the molecule is COc1ccc(Cl)cc1S(=O)(=O)N[C@@H](Cc1ccccc1)C(=O)Nc1ccc(F)c(F)c1. The molecule has 0 saturated carbocycles. The van der Waals surface area contributed by atoms with E-state index in [1.807, 2.05) is 0 Å². The van der Waals surface area contributed by atoms with E-state index in [0.717, 1.165) is 12.1 Å². The predicted octanol–water partition coefficient (Wildman–Crippen LogP) is 4.16. The van der Waals surface area contributed by atoms with E-state index in [0.29, 0.717) is 5.56 Å². The van der Waals surface area contributed by atoms with Gasteiger partial charge in [0.15, 0.2) is 11.6 Å². The van der Waals surface area contributed by atoms with Crippen molar-refractivity contribution < 1.29 is 26.7 Å². The van der Waals surface area contributed by atoms with E-state index in [4.69, 9.17) is 16.3 Å². The molecule has 0 fully saturated rings. The van der Waals surface area contributed by atoms with Crippen LogP contribution in [0, 0.1) is 11.6 Å². The summed E-state index contributed by atoms with van der Waals surface area (Å²) in [5.41, 5.74) is 0.658. The molecule has 3 rings (SSSR count). The summed E-state index contributed by atoms with van der Waals surface area (Å²) in [7, 11) is -2.95. The van der Waals surface area contributed by atoms with E-state index < -0.39 is 33.6 Å². The van der Waals surface area contributed by atoms with Crippen LogP contribution in [0.1, 0.15) is 5.56 Å². The molecule has 0 radical (unpaired) electrons. The second-order valence-electron chi connectivity index (χ2n) is 6.78. The molecule has 168 valence electrons. The second kappa shape index (κ2) is 10.1. The van der Waals surface area contributed by atoms with Crippen LogP contribution in [0.15, 0.2) is 71.6 Å². The van der Waals surface area contributed by atoms with Gasteiger partial charge in [-0.3, -0.25) is 4.79 Å². The molecule has 0 aliphatic carbocycles. The Balaban J connectivity index is 1.92. The van der Waals surface area contributed by atoms with Crippen molar-refractivity contribution >= 4 is 33.2 Å². The van der Waals surface area contributed by atoms with Gasteiger partial charge in [0.05, 0.1) is 7.11 Å². The number of nitrogens with one attached hydrogen (secondary N) is 2. The molecule has 3 aromatic rings. The second-order valence-corrected chi connectivity index (χ2v) is 8.90. The van der Waals surface area contributed by atoms with Gasteiger partial charge in [-0.1, -0.05) is 41.9 Å². The van der Waals surface area contributed by atoms with Gasteiger partial charge in [0.2, 0.25) is 15.9 Å². The lowest BCUT2D eigenvalue weighted by Gasteiger charge is -2.20. The van der Waals surface area contributed by atoms with Crippen LogP contribution in [0.4, 0.5) is 14.5 Å². The first-order valence-corrected chi connectivity index (χ1v) is 11.2. The maximum atomic E-state index is 13.5. The first-order valence-electron chi connectivity index (χ1n) is 9.35. The van der Waals surface area contributed by atoms with E-state index in [1.165, 1.54) is 31.4 Å². The van der Waals surface area contributed by atoms with Crippen LogP contribution < -0.4 is 14.8 Å². The molecule has 32 heavy (non-hydrogen) atoms. The summed E-state index contributed by atoms with van der Waals surface area (Å²) >= 11 is 5.95. The van der Waals surface area contributed by atoms with Crippen LogP contribution in [0.3, 0.4) is 0 Å². The monoisotopic (exact) mass is 480 g/mol. The highest BCUT2D eigenvalue weighted by molar-refractivity contribution is 7.89. The molecule has 10 heteroatoms. The van der Waals surface area contributed by atoms with Crippen molar-refractivity contribution in [2.45, 2.75) is 17.4 Å². The van der Waals surface area contributed by atoms with Gasteiger partial charge in [-0.2, -0.15) is 4.72 Å². The van der Waals surface area contributed by atoms with Gasteiger partial charge in [0.25, 0.3) is 0 Å². The lowest BCUT2D eigenvalue weighted by atomic mass is 10.1. The summed E-state index contributed by atoms with van der Waals surface area (Å²) in [6.07, 6.45) is -0.00153. The average Bonchev–Trinajstić information content (AvgIpc) is 2.76. The van der Waals surface area contributed by atoms with Crippen molar-refractivity contribution in [2.24, 2.45) is 0 Å². The Hall–Kier alpha value is -3.01. The topological polar surface area (TPSA) is 84.5 Å². The van der Waals surface area contributed by atoms with Crippen molar-refractivity contribution in [1.29, 1.82) is 0 Å². The van der Waals surface area contributed by atoms with E-state index in [1.54, 1.807) is 30.3 Å². The highest BCUT2D eigenvalue weighted by Gasteiger charge is 2.28. The Morgan fingerprint density at radius 3 is 2.41 bits per heavy atom. The summed E-state index contributed by atoms with van der Waals surface area (Å²) in [6.45, 7) is 0. The zero-order valence-electron chi connectivity index (χ0n) is 16.8. The number of carbonyl (C=O) groups is 1. The maximum Gasteiger partial charge on any atom is 0.245 e. The Kier molecular flexibility index (Phi) is 7.44. The number of ether oxygens (including phenoxy) is 1. The number of rotatable bonds is 8. The van der Waals surface area contributed by atoms with Crippen molar-refractivity contribution in [1.82, 2.24) is 4.72 Å². The van der Waals surface area contributed by atoms with Crippen LogP contribution >= 0.6 is 11.6 Å². The Bertz CT molecular complexity index is 1220. The smallest absolute Gasteiger partial charge is 0.245 e. The number of carbonyl (C=O) groups excluding carboxylic acids is 1. The minimum atomic E-state index is -4.25. The summed E-state index contributed by atoms with van der Waals surface area (Å²) in [5, 5.41) is 2.58. The third-order valence-electron chi connectivity index (χ3n) is 4.50. The molecule has 6 nitrogen and oxygen atoms in total. The fourth-order valence-electron chi connectivity index (χ4n) is 2.95. The van der Waals surface area contributed by atoms with E-state index >= 15 is 0 Å². The van der Waals surface area contributed by atoms with E-state index in [-0.39, 0.29) is 27.8 Å². The predicted molar refractivity (Wildman–Crippen MR) is 117 cm³/mol. The zero-order chi connectivity index (χ0) is 23.3. The molecule has 0 spiro atoms. The number of halogens is 3. The Morgan fingerprint density at radius 1 is 1.03 bits per heavy atom. The molecule has 0 aromatic heterocycles. The molecule has 0 unspecified atom stereocenters. The third kappa shape index (κ3) is 5.82. The van der Waals surface area contributed by atoms with Crippen molar-refractivity contribution in [3.05, 3.63) is 89.0 Å². The molecule has 0 aliphatic rings. The average molecular weight is 481 g/mol. The summed E-state index contributed by atoms with van der Waals surface area (Å²) in [4.78, 5) is 12.7. The van der Waals surface area contributed by atoms with Gasteiger partial charge >= 0.3 is 0 Å². The summed E-state index contributed by atoms with van der Waals surface area (Å²) in [6, 6.07) is 14.3. The highest BCUT2D eigenvalue weighted by atomic mass is 35.5. The number of amides is 1. The zero-order valence-corrected chi connectivity index (χ0v) is 18.4. The van der Waals surface area contributed by atoms with Crippen LogP contribution in [0.25, 0.3) is 0 Å². The first-order chi connectivity index (χ1) is 15.2. The molecule has 0 aliphatic heterocycles. The standard InChI is InChI=1S/C22H19ClF2N2O4S/c1-31-20-10-7-15(23)12-21(20)32(29,30)27-19(11-14-5-3-2-4-6-14)22(28)26-16-8-9-17(24)18(25)13-16/h2-10,12-13,19,27H,11H2,1H3,(H,26,28)/t19-/m0/s1. The lowest BCUT2D eigenvalue weighted by Crippen LogP contribution is -2.45. The quantitative estimate of drug-likeness (QED) is 0.507. The number of sulfonamides is 1.